The van der Waals surface area contributed by atoms with Crippen LogP contribution in [-0.2, 0) is 7.05 Å². The maximum Gasteiger partial charge on any atom is 0.0568 e. The molecule has 0 aliphatic carbocycles. The lowest BCUT2D eigenvalue weighted by molar-refractivity contribution is 1.02. The van der Waals surface area contributed by atoms with E-state index >= 15 is 0 Å². The molecule has 5 aromatic carbocycles. The zero-order chi connectivity index (χ0) is 22.5. The summed E-state index contributed by atoms with van der Waals surface area (Å²) in [6.07, 6.45) is 0. The van der Waals surface area contributed by atoms with Gasteiger partial charge in [0, 0.05) is 54.1 Å². The number of hydrogen-bond donors (Lipinski definition) is 0. The van der Waals surface area contributed by atoms with E-state index in [1.807, 2.05) is 0 Å². The van der Waals surface area contributed by atoms with E-state index in [-0.39, 0.29) is 0 Å². The topological polar surface area (TPSA) is 8.17 Å². The molecule has 0 bridgehead atoms. The standard InChI is InChI=1S/C31H26N2/c1-32(2)29-14-7-6-12-25(29)24-11-8-10-22(19-24)23-16-17-27-28-18-15-21-9-4-5-13-26(21)31(28)33(3)30(27)20-23/h4-20H,1-3H3. The van der Waals surface area contributed by atoms with Crippen LogP contribution >= 0.6 is 0 Å². The Bertz CT molecular complexity index is 1650. The zero-order valence-corrected chi connectivity index (χ0v) is 19.2. The van der Waals surface area contributed by atoms with Gasteiger partial charge >= 0.3 is 0 Å². The van der Waals surface area contributed by atoms with E-state index in [0.717, 1.165) is 0 Å². The predicted molar refractivity (Wildman–Crippen MR) is 143 cm³/mol. The van der Waals surface area contributed by atoms with Crippen molar-refractivity contribution in [1.82, 2.24) is 4.57 Å². The molecule has 0 saturated carbocycles. The molecule has 1 heterocycles. The first-order valence-electron chi connectivity index (χ1n) is 11.4. The highest BCUT2D eigenvalue weighted by Crippen LogP contribution is 2.37. The Labute approximate surface area is 194 Å². The lowest BCUT2D eigenvalue weighted by atomic mass is 9.97. The number of fused-ring (bicyclic) bond motifs is 5. The second-order valence-electron chi connectivity index (χ2n) is 8.97. The molecule has 0 amide bonds. The Hall–Kier alpha value is -4.04. The molecule has 0 spiro atoms. The fourth-order valence-corrected chi connectivity index (χ4v) is 5.14. The smallest absolute Gasteiger partial charge is 0.0568 e. The molecule has 0 radical (unpaired) electrons. The van der Waals surface area contributed by atoms with Crippen LogP contribution < -0.4 is 4.90 Å². The number of rotatable bonds is 3. The monoisotopic (exact) mass is 426 g/mol. The number of nitrogens with zero attached hydrogens (tertiary/aromatic N) is 2. The first-order chi connectivity index (χ1) is 16.1. The fourth-order valence-electron chi connectivity index (χ4n) is 5.14. The second kappa shape index (κ2) is 7.53. The van der Waals surface area contributed by atoms with Gasteiger partial charge in [0.2, 0.25) is 0 Å². The Morgan fingerprint density at radius 1 is 0.576 bits per heavy atom. The van der Waals surface area contributed by atoms with Crippen molar-refractivity contribution >= 4 is 38.3 Å². The summed E-state index contributed by atoms with van der Waals surface area (Å²) >= 11 is 0. The van der Waals surface area contributed by atoms with Gasteiger partial charge in [0.1, 0.15) is 0 Å². The Morgan fingerprint density at radius 2 is 1.30 bits per heavy atom. The van der Waals surface area contributed by atoms with E-state index in [0.29, 0.717) is 0 Å². The van der Waals surface area contributed by atoms with E-state index in [4.69, 9.17) is 0 Å². The Balaban J connectivity index is 1.53. The van der Waals surface area contributed by atoms with Crippen LogP contribution in [0.5, 0.6) is 0 Å². The molecule has 0 unspecified atom stereocenters. The lowest BCUT2D eigenvalue weighted by Crippen LogP contribution is -2.09. The fraction of sp³-hybridized carbons (Fsp3) is 0.0968. The minimum atomic E-state index is 1.23. The largest absolute Gasteiger partial charge is 0.377 e. The molecule has 33 heavy (non-hydrogen) atoms. The van der Waals surface area contributed by atoms with E-state index in [1.165, 1.54) is 60.5 Å². The third-order valence-corrected chi connectivity index (χ3v) is 6.78. The molecule has 2 nitrogen and oxygen atoms in total. The summed E-state index contributed by atoms with van der Waals surface area (Å²) in [5, 5.41) is 5.20. The quantitative estimate of drug-likeness (QED) is 0.279. The average Bonchev–Trinajstić information content (AvgIpc) is 3.16. The van der Waals surface area contributed by atoms with Gasteiger partial charge in [-0.15, -0.1) is 0 Å². The summed E-state index contributed by atoms with van der Waals surface area (Å²) in [4.78, 5) is 2.17. The number of aryl methyl sites for hydroxylation is 1. The average molecular weight is 427 g/mol. The third-order valence-electron chi connectivity index (χ3n) is 6.78. The first kappa shape index (κ1) is 19.6. The first-order valence-corrected chi connectivity index (χ1v) is 11.4. The van der Waals surface area contributed by atoms with Crippen molar-refractivity contribution < 1.29 is 0 Å². The molecule has 6 aromatic rings. The van der Waals surface area contributed by atoms with Crippen molar-refractivity contribution in [2.24, 2.45) is 7.05 Å². The van der Waals surface area contributed by atoms with Crippen LogP contribution in [0.4, 0.5) is 5.69 Å². The van der Waals surface area contributed by atoms with Gasteiger partial charge in [-0.1, -0.05) is 84.9 Å². The van der Waals surface area contributed by atoms with Crippen LogP contribution in [-0.4, -0.2) is 18.7 Å². The molecule has 0 aliphatic rings. The van der Waals surface area contributed by atoms with Gasteiger partial charge in [0.05, 0.1) is 5.52 Å². The highest BCUT2D eigenvalue weighted by Gasteiger charge is 2.13. The third kappa shape index (κ3) is 3.10. The normalized spacial score (nSPS) is 11.5. The molecule has 0 N–H and O–H groups in total. The van der Waals surface area contributed by atoms with Gasteiger partial charge in [-0.25, -0.2) is 0 Å². The number of para-hydroxylation sites is 1. The van der Waals surface area contributed by atoms with Gasteiger partial charge in [-0.2, -0.15) is 0 Å². The van der Waals surface area contributed by atoms with Crippen molar-refractivity contribution in [3.63, 3.8) is 0 Å². The van der Waals surface area contributed by atoms with Gasteiger partial charge in [-0.05, 0) is 40.3 Å². The van der Waals surface area contributed by atoms with Crippen molar-refractivity contribution in [2.75, 3.05) is 19.0 Å². The minimum absolute atomic E-state index is 1.23. The highest BCUT2D eigenvalue weighted by molar-refractivity contribution is 6.18. The van der Waals surface area contributed by atoms with E-state index in [2.05, 4.69) is 134 Å². The number of anilines is 1. The van der Waals surface area contributed by atoms with Gasteiger partial charge < -0.3 is 9.47 Å². The van der Waals surface area contributed by atoms with E-state index < -0.39 is 0 Å². The molecule has 160 valence electrons. The van der Waals surface area contributed by atoms with E-state index in [1.54, 1.807) is 0 Å². The molecule has 0 aliphatic heterocycles. The summed E-state index contributed by atoms with van der Waals surface area (Å²) in [6.45, 7) is 0. The Morgan fingerprint density at radius 3 is 2.18 bits per heavy atom. The molecular weight excluding hydrogens is 400 g/mol. The predicted octanol–water partition coefficient (Wildman–Crippen LogP) is 7.88. The van der Waals surface area contributed by atoms with Crippen molar-refractivity contribution in [2.45, 2.75) is 0 Å². The molecule has 2 heteroatoms. The minimum Gasteiger partial charge on any atom is -0.377 e. The molecular formula is C31H26N2. The van der Waals surface area contributed by atoms with Crippen LogP contribution in [0.2, 0.25) is 0 Å². The SMILES string of the molecule is CN(C)c1ccccc1-c1cccc(-c2ccc3c4ccc5ccccc5c4n(C)c3c2)c1. The summed E-state index contributed by atoms with van der Waals surface area (Å²) in [7, 11) is 6.38. The van der Waals surface area contributed by atoms with Crippen molar-refractivity contribution in [1.29, 1.82) is 0 Å². The Kier molecular flexibility index (Phi) is 4.48. The molecule has 0 atom stereocenters. The van der Waals surface area contributed by atoms with E-state index in [9.17, 15) is 0 Å². The molecule has 1 aromatic heterocycles. The van der Waals surface area contributed by atoms with Crippen LogP contribution in [0.15, 0.2) is 103 Å². The van der Waals surface area contributed by atoms with Crippen LogP contribution in [0, 0.1) is 0 Å². The summed E-state index contributed by atoms with van der Waals surface area (Å²) < 4.78 is 2.35. The number of benzene rings is 5. The van der Waals surface area contributed by atoms with Gasteiger partial charge in [0.25, 0.3) is 0 Å². The molecule has 0 fully saturated rings. The lowest BCUT2D eigenvalue weighted by Gasteiger charge is -2.18. The van der Waals surface area contributed by atoms with Crippen LogP contribution in [0.1, 0.15) is 0 Å². The maximum absolute atomic E-state index is 2.35. The second-order valence-corrected chi connectivity index (χ2v) is 8.97. The number of hydrogen-bond acceptors (Lipinski definition) is 1. The number of aromatic nitrogens is 1. The van der Waals surface area contributed by atoms with Crippen molar-refractivity contribution in [3.05, 3.63) is 103 Å². The van der Waals surface area contributed by atoms with Crippen LogP contribution in [0.25, 0.3) is 54.8 Å². The summed E-state index contributed by atoms with van der Waals surface area (Å²) in [5.41, 5.74) is 8.75. The van der Waals surface area contributed by atoms with Crippen LogP contribution in [0.3, 0.4) is 0 Å². The highest BCUT2D eigenvalue weighted by atomic mass is 15.1. The summed E-state index contributed by atoms with van der Waals surface area (Å²) in [5.74, 6) is 0. The van der Waals surface area contributed by atoms with Gasteiger partial charge in [-0.3, -0.25) is 0 Å². The maximum atomic E-state index is 2.35. The molecule has 6 rings (SSSR count). The van der Waals surface area contributed by atoms with Crippen molar-refractivity contribution in [3.8, 4) is 22.3 Å². The van der Waals surface area contributed by atoms with Gasteiger partial charge in [0.15, 0.2) is 0 Å². The molecule has 0 saturated heterocycles. The summed E-state index contributed by atoms with van der Waals surface area (Å²) in [6, 6.07) is 37.5. The zero-order valence-electron chi connectivity index (χ0n) is 19.2.